The Bertz CT molecular complexity index is 310. The third-order valence-electron chi connectivity index (χ3n) is 3.11. The van der Waals surface area contributed by atoms with Crippen LogP contribution in [0.3, 0.4) is 0 Å². The molecule has 0 aromatic carbocycles. The summed E-state index contributed by atoms with van der Waals surface area (Å²) in [5.74, 6) is 0.747. The quantitative estimate of drug-likeness (QED) is 0.842. The Morgan fingerprint density at radius 3 is 3.00 bits per heavy atom. The van der Waals surface area contributed by atoms with Crippen molar-refractivity contribution < 1.29 is 0 Å². The van der Waals surface area contributed by atoms with Gasteiger partial charge in [0, 0.05) is 10.9 Å². The van der Waals surface area contributed by atoms with E-state index in [4.69, 9.17) is 11.6 Å². The van der Waals surface area contributed by atoms with Gasteiger partial charge in [-0.15, -0.1) is 11.3 Å². The van der Waals surface area contributed by atoms with Crippen molar-refractivity contribution in [1.29, 1.82) is 0 Å². The molecule has 1 aliphatic carbocycles. The van der Waals surface area contributed by atoms with Gasteiger partial charge in [0.15, 0.2) is 0 Å². The molecule has 2 rings (SSSR count). The molecular weight excluding hydrogens is 226 g/mol. The Labute approximate surface area is 101 Å². The van der Waals surface area contributed by atoms with Gasteiger partial charge in [-0.25, -0.2) is 0 Å². The minimum absolute atomic E-state index is 0.732. The molecule has 1 aliphatic rings. The first-order valence-corrected chi connectivity index (χ1v) is 6.97. The zero-order valence-electron chi connectivity index (χ0n) is 9.13. The third-order valence-corrected chi connectivity index (χ3v) is 4.51. The van der Waals surface area contributed by atoms with E-state index in [1.54, 1.807) is 11.3 Å². The van der Waals surface area contributed by atoms with Crippen LogP contribution in [0.25, 0.3) is 0 Å². The van der Waals surface area contributed by atoms with Crippen LogP contribution >= 0.6 is 22.9 Å². The molecule has 2 unspecified atom stereocenters. The molecule has 1 saturated carbocycles. The van der Waals surface area contributed by atoms with Crippen LogP contribution in [0.4, 0.5) is 0 Å². The van der Waals surface area contributed by atoms with Crippen molar-refractivity contribution in [3.8, 4) is 0 Å². The summed E-state index contributed by atoms with van der Waals surface area (Å²) in [6.45, 7) is 3.38. The highest BCUT2D eigenvalue weighted by molar-refractivity contribution is 7.16. The van der Waals surface area contributed by atoms with Crippen LogP contribution in [0.5, 0.6) is 0 Å². The van der Waals surface area contributed by atoms with Crippen LogP contribution in [0.15, 0.2) is 12.1 Å². The maximum atomic E-state index is 5.96. The maximum absolute atomic E-state index is 5.96. The molecule has 1 aromatic heterocycles. The molecule has 0 spiro atoms. The summed E-state index contributed by atoms with van der Waals surface area (Å²) >= 11 is 7.71. The van der Waals surface area contributed by atoms with Gasteiger partial charge in [-0.1, -0.05) is 18.5 Å². The van der Waals surface area contributed by atoms with E-state index >= 15 is 0 Å². The fourth-order valence-corrected chi connectivity index (χ4v) is 3.53. The van der Waals surface area contributed by atoms with Crippen molar-refractivity contribution in [3.63, 3.8) is 0 Å². The highest BCUT2D eigenvalue weighted by atomic mass is 35.5. The molecule has 1 nitrogen and oxygen atoms in total. The first-order chi connectivity index (χ1) is 7.29. The number of hydrogen-bond donors (Lipinski definition) is 1. The molecule has 0 amide bonds. The first-order valence-electron chi connectivity index (χ1n) is 5.78. The second-order valence-electron chi connectivity index (χ2n) is 4.30. The largest absolute Gasteiger partial charge is 0.314 e. The summed E-state index contributed by atoms with van der Waals surface area (Å²) in [6, 6.07) is 4.95. The van der Waals surface area contributed by atoms with E-state index < -0.39 is 0 Å². The zero-order valence-corrected chi connectivity index (χ0v) is 10.7. The van der Waals surface area contributed by atoms with Crippen molar-refractivity contribution in [2.45, 2.75) is 44.6 Å². The molecule has 1 N–H and O–H groups in total. The molecule has 1 fully saturated rings. The molecule has 0 radical (unpaired) electrons. The van der Waals surface area contributed by atoms with E-state index in [-0.39, 0.29) is 0 Å². The molecule has 1 aromatic rings. The van der Waals surface area contributed by atoms with E-state index in [2.05, 4.69) is 18.3 Å². The molecule has 15 heavy (non-hydrogen) atoms. The van der Waals surface area contributed by atoms with Gasteiger partial charge in [-0.05, 0) is 50.3 Å². The predicted molar refractivity (Wildman–Crippen MR) is 68.0 cm³/mol. The van der Waals surface area contributed by atoms with Gasteiger partial charge in [0.25, 0.3) is 0 Å². The zero-order chi connectivity index (χ0) is 10.7. The van der Waals surface area contributed by atoms with Gasteiger partial charge in [0.1, 0.15) is 0 Å². The molecule has 2 atom stereocenters. The highest BCUT2D eigenvalue weighted by Crippen LogP contribution is 2.38. The Balaban J connectivity index is 1.87. The molecular formula is C12H18ClNS. The predicted octanol–water partition coefficient (Wildman–Crippen LogP) is 4.04. The van der Waals surface area contributed by atoms with Crippen molar-refractivity contribution >= 4 is 22.9 Å². The lowest BCUT2D eigenvalue weighted by Crippen LogP contribution is -2.26. The lowest BCUT2D eigenvalue weighted by Gasteiger charge is -2.11. The maximum Gasteiger partial charge on any atom is 0.0931 e. The summed E-state index contributed by atoms with van der Waals surface area (Å²) in [5.41, 5.74) is 0. The van der Waals surface area contributed by atoms with Crippen LogP contribution in [0, 0.1) is 0 Å². The Morgan fingerprint density at radius 2 is 2.33 bits per heavy atom. The molecule has 0 bridgehead atoms. The smallest absolute Gasteiger partial charge is 0.0931 e. The van der Waals surface area contributed by atoms with Crippen molar-refractivity contribution in [3.05, 3.63) is 21.3 Å². The second kappa shape index (κ2) is 5.33. The van der Waals surface area contributed by atoms with Crippen LogP contribution in [-0.2, 0) is 0 Å². The van der Waals surface area contributed by atoms with E-state index in [0.717, 1.165) is 22.8 Å². The number of halogens is 1. The summed E-state index contributed by atoms with van der Waals surface area (Å²) in [4.78, 5) is 1.47. The fourth-order valence-electron chi connectivity index (χ4n) is 2.32. The van der Waals surface area contributed by atoms with Gasteiger partial charge in [-0.2, -0.15) is 0 Å². The average Bonchev–Trinajstić information content (AvgIpc) is 2.83. The summed E-state index contributed by atoms with van der Waals surface area (Å²) in [5, 5.41) is 3.61. The normalized spacial score (nSPS) is 26.0. The van der Waals surface area contributed by atoms with Crippen LogP contribution in [-0.4, -0.2) is 12.6 Å². The lowest BCUT2D eigenvalue weighted by atomic mass is 10.1. The van der Waals surface area contributed by atoms with E-state index in [1.165, 1.54) is 30.6 Å². The molecule has 3 heteroatoms. The Kier molecular flexibility index (Phi) is 4.06. The lowest BCUT2D eigenvalue weighted by molar-refractivity contribution is 0.518. The van der Waals surface area contributed by atoms with Crippen molar-refractivity contribution in [2.24, 2.45) is 0 Å². The van der Waals surface area contributed by atoms with Crippen molar-refractivity contribution in [2.75, 3.05) is 6.54 Å². The standard InChI is InChI=1S/C12H18ClNS/c1-2-7-14-10-4-3-9(8-10)11-5-6-12(13)15-11/h5-6,9-10,14H,2-4,7-8H2,1H3. The monoisotopic (exact) mass is 243 g/mol. The number of rotatable bonds is 4. The average molecular weight is 244 g/mol. The van der Waals surface area contributed by atoms with E-state index in [9.17, 15) is 0 Å². The SMILES string of the molecule is CCCNC1CCC(c2ccc(Cl)s2)C1. The third kappa shape index (κ3) is 2.96. The van der Waals surface area contributed by atoms with Crippen LogP contribution in [0.2, 0.25) is 4.34 Å². The highest BCUT2D eigenvalue weighted by Gasteiger charge is 2.26. The molecule has 84 valence electrons. The minimum Gasteiger partial charge on any atom is -0.314 e. The molecule has 1 heterocycles. The summed E-state index contributed by atoms with van der Waals surface area (Å²) in [7, 11) is 0. The van der Waals surface area contributed by atoms with E-state index in [1.807, 2.05) is 6.07 Å². The van der Waals surface area contributed by atoms with Crippen molar-refractivity contribution in [1.82, 2.24) is 5.32 Å². The Morgan fingerprint density at radius 1 is 1.47 bits per heavy atom. The van der Waals surface area contributed by atoms with Gasteiger partial charge >= 0.3 is 0 Å². The molecule has 0 saturated heterocycles. The molecule has 0 aliphatic heterocycles. The summed E-state index contributed by atoms with van der Waals surface area (Å²) < 4.78 is 0.926. The fraction of sp³-hybridized carbons (Fsp3) is 0.667. The number of thiophene rings is 1. The Hall–Kier alpha value is -0.0500. The van der Waals surface area contributed by atoms with Gasteiger partial charge in [0.05, 0.1) is 4.34 Å². The van der Waals surface area contributed by atoms with Gasteiger partial charge in [0.2, 0.25) is 0 Å². The number of hydrogen-bond acceptors (Lipinski definition) is 2. The van der Waals surface area contributed by atoms with Crippen LogP contribution < -0.4 is 5.32 Å². The first kappa shape index (κ1) is 11.4. The van der Waals surface area contributed by atoms with E-state index in [0.29, 0.717) is 0 Å². The van der Waals surface area contributed by atoms with Gasteiger partial charge in [-0.3, -0.25) is 0 Å². The van der Waals surface area contributed by atoms with Gasteiger partial charge < -0.3 is 5.32 Å². The number of nitrogens with one attached hydrogen (secondary N) is 1. The second-order valence-corrected chi connectivity index (χ2v) is 6.05. The topological polar surface area (TPSA) is 12.0 Å². The minimum atomic E-state index is 0.732. The van der Waals surface area contributed by atoms with Crippen LogP contribution in [0.1, 0.15) is 43.4 Å². The summed E-state index contributed by atoms with van der Waals surface area (Å²) in [6.07, 6.45) is 5.15.